The van der Waals surface area contributed by atoms with Crippen molar-refractivity contribution in [3.05, 3.63) is 95.3 Å². The third kappa shape index (κ3) is 2.53. The van der Waals surface area contributed by atoms with E-state index in [9.17, 15) is 4.79 Å². The molecule has 0 saturated heterocycles. The Kier molecular flexibility index (Phi) is 3.57. The van der Waals surface area contributed by atoms with Crippen LogP contribution >= 0.6 is 0 Å². The molecule has 4 aromatic rings. The summed E-state index contributed by atoms with van der Waals surface area (Å²) in [6.07, 6.45) is 1.84. The van der Waals surface area contributed by atoms with E-state index in [1.165, 1.54) is 5.56 Å². The second kappa shape index (κ2) is 6.09. The molecule has 1 atom stereocenters. The first-order chi connectivity index (χ1) is 13.2. The second-order valence-electron chi connectivity index (χ2n) is 6.97. The highest BCUT2D eigenvalue weighted by Gasteiger charge is 2.30. The largest absolute Gasteiger partial charge is 0.335 e. The Hall–Kier alpha value is -3.40. The van der Waals surface area contributed by atoms with Gasteiger partial charge in [0.2, 0.25) is 5.95 Å². The molecule has 0 bridgehead atoms. The molecule has 4 heteroatoms. The van der Waals surface area contributed by atoms with E-state index in [1.54, 1.807) is 4.57 Å². The van der Waals surface area contributed by atoms with Crippen molar-refractivity contribution in [3.63, 3.8) is 0 Å². The summed E-state index contributed by atoms with van der Waals surface area (Å²) < 4.78 is 1.78. The van der Waals surface area contributed by atoms with Crippen LogP contribution in [0.4, 0.5) is 5.95 Å². The predicted octanol–water partition coefficient (Wildman–Crippen LogP) is 4.30. The van der Waals surface area contributed by atoms with E-state index in [0.29, 0.717) is 11.9 Å². The van der Waals surface area contributed by atoms with Gasteiger partial charge in [-0.1, -0.05) is 60.7 Å². The number of rotatable bonds is 3. The summed E-state index contributed by atoms with van der Waals surface area (Å²) in [5.41, 5.74) is 1.94. The lowest BCUT2D eigenvalue weighted by molar-refractivity contribution is 0.657. The van der Waals surface area contributed by atoms with Gasteiger partial charge in [0.05, 0.1) is 16.9 Å². The van der Waals surface area contributed by atoms with E-state index in [0.717, 1.165) is 28.8 Å². The van der Waals surface area contributed by atoms with Crippen LogP contribution in [-0.4, -0.2) is 16.1 Å². The first kappa shape index (κ1) is 15.8. The van der Waals surface area contributed by atoms with Crippen molar-refractivity contribution in [3.8, 4) is 0 Å². The van der Waals surface area contributed by atoms with Gasteiger partial charge in [-0.15, -0.1) is 6.58 Å². The average molecular weight is 353 g/mol. The molecule has 0 radical (unpaired) electrons. The first-order valence-electron chi connectivity index (χ1n) is 9.11. The molecule has 1 aromatic heterocycles. The number of fused-ring (bicyclic) bond motifs is 3. The minimum atomic E-state index is -0.0698. The van der Waals surface area contributed by atoms with Crippen molar-refractivity contribution in [1.82, 2.24) is 9.55 Å². The topological polar surface area (TPSA) is 38.1 Å². The molecule has 0 amide bonds. The summed E-state index contributed by atoms with van der Waals surface area (Å²) in [5, 5.41) is 2.80. The van der Waals surface area contributed by atoms with Gasteiger partial charge in [-0.05, 0) is 28.5 Å². The minimum absolute atomic E-state index is 0.00112. The van der Waals surface area contributed by atoms with Gasteiger partial charge in [-0.25, -0.2) is 4.98 Å². The molecule has 0 saturated carbocycles. The van der Waals surface area contributed by atoms with Gasteiger partial charge in [0.25, 0.3) is 5.56 Å². The molecule has 0 N–H and O–H groups in total. The minimum Gasteiger partial charge on any atom is -0.335 e. The van der Waals surface area contributed by atoms with Gasteiger partial charge < -0.3 is 4.90 Å². The van der Waals surface area contributed by atoms with Crippen LogP contribution in [0.1, 0.15) is 11.6 Å². The zero-order valence-corrected chi connectivity index (χ0v) is 14.9. The Morgan fingerprint density at radius 2 is 1.74 bits per heavy atom. The molecule has 1 aliphatic rings. The predicted molar refractivity (Wildman–Crippen MR) is 110 cm³/mol. The average Bonchev–Trinajstić information content (AvgIpc) is 3.05. The summed E-state index contributed by atoms with van der Waals surface area (Å²) >= 11 is 0. The number of nitrogens with zero attached hydrogens (tertiary/aromatic N) is 3. The van der Waals surface area contributed by atoms with E-state index in [1.807, 2.05) is 54.6 Å². The Balaban J connectivity index is 1.71. The van der Waals surface area contributed by atoms with Crippen LogP contribution in [-0.2, 0) is 6.54 Å². The van der Waals surface area contributed by atoms with Crippen molar-refractivity contribution in [2.24, 2.45) is 0 Å². The molecule has 0 aliphatic carbocycles. The normalized spacial score (nSPS) is 16.0. The highest BCUT2D eigenvalue weighted by Crippen LogP contribution is 2.30. The SMILES string of the molecule is C=C[C@@H]1CN(Cc2ccccc2)c2nc3cc4ccccc4cc3c(=O)n21. The Labute approximate surface area is 157 Å². The fourth-order valence-corrected chi connectivity index (χ4v) is 3.90. The molecule has 27 heavy (non-hydrogen) atoms. The molecule has 0 unspecified atom stereocenters. The molecular formula is C23H19N3O. The number of benzene rings is 3. The molecule has 2 heterocycles. The van der Waals surface area contributed by atoms with Gasteiger partial charge in [0.15, 0.2) is 0 Å². The fourth-order valence-electron chi connectivity index (χ4n) is 3.90. The van der Waals surface area contributed by atoms with Crippen LogP contribution < -0.4 is 10.5 Å². The Morgan fingerprint density at radius 1 is 1.04 bits per heavy atom. The van der Waals surface area contributed by atoms with Crippen LogP contribution in [0.2, 0.25) is 0 Å². The van der Waals surface area contributed by atoms with Crippen LogP contribution in [0.25, 0.3) is 21.7 Å². The maximum absolute atomic E-state index is 13.3. The number of hydrogen-bond acceptors (Lipinski definition) is 3. The van der Waals surface area contributed by atoms with E-state index in [-0.39, 0.29) is 11.6 Å². The molecule has 3 aromatic carbocycles. The van der Waals surface area contributed by atoms with Crippen LogP contribution in [0.5, 0.6) is 0 Å². The summed E-state index contributed by atoms with van der Waals surface area (Å²) in [5.74, 6) is 0.719. The van der Waals surface area contributed by atoms with Gasteiger partial charge in [0, 0.05) is 13.1 Å². The summed E-state index contributed by atoms with van der Waals surface area (Å²) in [4.78, 5) is 20.3. The van der Waals surface area contributed by atoms with Crippen LogP contribution in [0.15, 0.2) is 84.2 Å². The Morgan fingerprint density at radius 3 is 2.48 bits per heavy atom. The molecule has 5 rings (SSSR count). The number of aromatic nitrogens is 2. The summed E-state index contributed by atoms with van der Waals surface area (Å²) in [6.45, 7) is 5.36. The fraction of sp³-hybridized carbons (Fsp3) is 0.130. The maximum atomic E-state index is 13.3. The third-order valence-electron chi connectivity index (χ3n) is 5.26. The monoisotopic (exact) mass is 353 g/mol. The van der Waals surface area contributed by atoms with Crippen molar-refractivity contribution in [1.29, 1.82) is 0 Å². The number of anilines is 1. The second-order valence-corrected chi connectivity index (χ2v) is 6.97. The van der Waals surface area contributed by atoms with E-state index in [4.69, 9.17) is 4.98 Å². The maximum Gasteiger partial charge on any atom is 0.263 e. The standard InChI is InChI=1S/C23H19N3O/c1-2-19-15-25(14-16-8-4-3-5-9-16)23-24-21-13-18-11-7-6-10-17(18)12-20(21)22(27)26(19)23/h2-13,19H,1,14-15H2/t19-/m1/s1. The quantitative estimate of drug-likeness (QED) is 0.407. The van der Waals surface area contributed by atoms with Gasteiger partial charge in [-0.2, -0.15) is 0 Å². The molecular weight excluding hydrogens is 334 g/mol. The van der Waals surface area contributed by atoms with Gasteiger partial charge in [-0.3, -0.25) is 9.36 Å². The van der Waals surface area contributed by atoms with Crippen molar-refractivity contribution >= 4 is 27.6 Å². The lowest BCUT2D eigenvalue weighted by atomic mass is 10.1. The van der Waals surface area contributed by atoms with Crippen molar-refractivity contribution < 1.29 is 0 Å². The number of hydrogen-bond donors (Lipinski definition) is 0. The molecule has 0 fully saturated rings. The molecule has 132 valence electrons. The van der Waals surface area contributed by atoms with Crippen LogP contribution in [0.3, 0.4) is 0 Å². The zero-order valence-electron chi connectivity index (χ0n) is 14.9. The van der Waals surface area contributed by atoms with Crippen molar-refractivity contribution in [2.75, 3.05) is 11.4 Å². The van der Waals surface area contributed by atoms with Crippen molar-refractivity contribution in [2.45, 2.75) is 12.6 Å². The van der Waals surface area contributed by atoms with Gasteiger partial charge >= 0.3 is 0 Å². The summed E-state index contributed by atoms with van der Waals surface area (Å²) in [6, 6.07) is 22.2. The van der Waals surface area contributed by atoms with E-state index < -0.39 is 0 Å². The molecule has 4 nitrogen and oxygen atoms in total. The summed E-state index contributed by atoms with van der Waals surface area (Å²) in [7, 11) is 0. The zero-order chi connectivity index (χ0) is 18.4. The lowest BCUT2D eigenvalue weighted by Gasteiger charge is -2.17. The lowest BCUT2D eigenvalue weighted by Crippen LogP contribution is -2.23. The van der Waals surface area contributed by atoms with E-state index in [2.05, 4.69) is 29.7 Å². The first-order valence-corrected chi connectivity index (χ1v) is 9.11. The Bertz CT molecular complexity index is 1230. The smallest absolute Gasteiger partial charge is 0.263 e. The van der Waals surface area contributed by atoms with Gasteiger partial charge in [0.1, 0.15) is 0 Å². The highest BCUT2D eigenvalue weighted by atomic mass is 16.1. The van der Waals surface area contributed by atoms with E-state index >= 15 is 0 Å². The highest BCUT2D eigenvalue weighted by molar-refractivity contribution is 5.96. The van der Waals surface area contributed by atoms with Crippen LogP contribution in [0, 0.1) is 0 Å². The molecule has 0 spiro atoms. The molecule has 1 aliphatic heterocycles. The third-order valence-corrected chi connectivity index (χ3v) is 5.26.